The minimum absolute atomic E-state index is 0.431. The van der Waals surface area contributed by atoms with Crippen LogP contribution in [0.2, 0.25) is 5.15 Å². The highest BCUT2D eigenvalue weighted by molar-refractivity contribution is 9.10. The van der Waals surface area contributed by atoms with Gasteiger partial charge in [-0.05, 0) is 34.3 Å². The number of ether oxygens (including phenoxy) is 1. The molecule has 2 aromatic rings. The lowest BCUT2D eigenvalue weighted by molar-refractivity contribution is 0.418. The zero-order valence-corrected chi connectivity index (χ0v) is 11.8. The quantitative estimate of drug-likeness (QED) is 0.479. The van der Waals surface area contributed by atoms with Crippen LogP contribution in [0, 0.1) is 0 Å². The Hall–Kier alpha value is -0.520. The number of hydrogen-bond acceptors (Lipinski definition) is 4. The van der Waals surface area contributed by atoms with Gasteiger partial charge in [0.15, 0.2) is 5.16 Å². The van der Waals surface area contributed by atoms with Crippen molar-refractivity contribution in [1.82, 2.24) is 9.97 Å². The third kappa shape index (κ3) is 1.99. The van der Waals surface area contributed by atoms with E-state index in [2.05, 4.69) is 25.9 Å². The molecule has 1 heterocycles. The molecule has 0 N–H and O–H groups in total. The third-order valence-electron chi connectivity index (χ3n) is 2.10. The summed E-state index contributed by atoms with van der Waals surface area (Å²) in [5, 5.41) is 1.84. The standard InChI is InChI=1S/C10H8BrClN2OS/c1-15-6-4-3-5(11)7-8(6)13-10(16-2)14-9(7)12/h3-4H,1-2H3. The van der Waals surface area contributed by atoms with Crippen LogP contribution < -0.4 is 4.74 Å². The molecule has 0 amide bonds. The average Bonchev–Trinajstić information content (AvgIpc) is 2.28. The van der Waals surface area contributed by atoms with Gasteiger partial charge in [-0.3, -0.25) is 0 Å². The van der Waals surface area contributed by atoms with Crippen LogP contribution in [0.15, 0.2) is 21.8 Å². The molecule has 2 rings (SSSR count). The molecule has 1 aromatic carbocycles. The molecule has 0 saturated heterocycles. The second-order valence-corrected chi connectivity index (χ2v) is 4.96. The van der Waals surface area contributed by atoms with E-state index in [4.69, 9.17) is 16.3 Å². The Balaban J connectivity index is 2.87. The van der Waals surface area contributed by atoms with Crippen molar-refractivity contribution in [3.63, 3.8) is 0 Å². The van der Waals surface area contributed by atoms with Gasteiger partial charge in [-0.25, -0.2) is 9.97 Å². The number of fused-ring (bicyclic) bond motifs is 1. The second kappa shape index (κ2) is 4.77. The van der Waals surface area contributed by atoms with E-state index in [0.29, 0.717) is 16.1 Å². The van der Waals surface area contributed by atoms with Gasteiger partial charge in [-0.2, -0.15) is 0 Å². The van der Waals surface area contributed by atoms with Crippen molar-refractivity contribution in [2.24, 2.45) is 0 Å². The minimum Gasteiger partial charge on any atom is -0.494 e. The summed E-state index contributed by atoms with van der Waals surface area (Å²) >= 11 is 11.0. The SMILES string of the molecule is COc1ccc(Br)c2c(Cl)nc(SC)nc12. The summed E-state index contributed by atoms with van der Waals surface area (Å²) in [5.74, 6) is 0.692. The molecule has 0 atom stereocenters. The molecule has 0 aliphatic carbocycles. The first-order valence-corrected chi connectivity index (χ1v) is 6.80. The van der Waals surface area contributed by atoms with Crippen molar-refractivity contribution in [3.05, 3.63) is 21.8 Å². The summed E-state index contributed by atoms with van der Waals surface area (Å²) < 4.78 is 6.12. The Kier molecular flexibility index (Phi) is 3.56. The Morgan fingerprint density at radius 2 is 2.12 bits per heavy atom. The van der Waals surface area contributed by atoms with Crippen molar-refractivity contribution >= 4 is 50.2 Å². The average molecular weight is 320 g/mol. The lowest BCUT2D eigenvalue weighted by Gasteiger charge is -2.08. The molecule has 0 unspecified atom stereocenters. The number of hydrogen-bond donors (Lipinski definition) is 0. The number of rotatable bonds is 2. The fourth-order valence-corrected chi connectivity index (χ4v) is 2.68. The molecule has 0 radical (unpaired) electrons. The molecule has 84 valence electrons. The zero-order valence-electron chi connectivity index (χ0n) is 8.62. The number of aromatic nitrogens is 2. The summed E-state index contributed by atoms with van der Waals surface area (Å²) in [5.41, 5.74) is 0.723. The Morgan fingerprint density at radius 3 is 2.75 bits per heavy atom. The van der Waals surface area contributed by atoms with Crippen molar-refractivity contribution in [1.29, 1.82) is 0 Å². The van der Waals surface area contributed by atoms with Crippen molar-refractivity contribution < 1.29 is 4.74 Å². The van der Waals surface area contributed by atoms with Crippen LogP contribution in [0.4, 0.5) is 0 Å². The predicted molar refractivity (Wildman–Crippen MR) is 70.6 cm³/mol. The molecule has 3 nitrogen and oxygen atoms in total. The highest BCUT2D eigenvalue weighted by Gasteiger charge is 2.12. The largest absolute Gasteiger partial charge is 0.494 e. The van der Waals surface area contributed by atoms with E-state index >= 15 is 0 Å². The van der Waals surface area contributed by atoms with E-state index in [9.17, 15) is 0 Å². The Morgan fingerprint density at radius 1 is 1.38 bits per heavy atom. The molecule has 0 bridgehead atoms. The van der Waals surface area contributed by atoms with Crippen LogP contribution in [-0.4, -0.2) is 23.3 Å². The zero-order chi connectivity index (χ0) is 11.7. The van der Waals surface area contributed by atoms with Gasteiger partial charge in [0.25, 0.3) is 0 Å². The summed E-state index contributed by atoms with van der Waals surface area (Å²) in [6.45, 7) is 0. The first-order valence-electron chi connectivity index (χ1n) is 4.41. The monoisotopic (exact) mass is 318 g/mol. The number of methoxy groups -OCH3 is 1. The molecule has 16 heavy (non-hydrogen) atoms. The summed E-state index contributed by atoms with van der Waals surface area (Å²) in [6, 6.07) is 3.72. The van der Waals surface area contributed by atoms with Crippen LogP contribution in [0.25, 0.3) is 10.9 Å². The van der Waals surface area contributed by atoms with Gasteiger partial charge < -0.3 is 4.74 Å². The van der Waals surface area contributed by atoms with Gasteiger partial charge in [0.2, 0.25) is 0 Å². The van der Waals surface area contributed by atoms with E-state index in [1.807, 2.05) is 18.4 Å². The fraction of sp³-hybridized carbons (Fsp3) is 0.200. The first kappa shape index (κ1) is 12.0. The second-order valence-electron chi connectivity index (χ2n) is 2.97. The fourth-order valence-electron chi connectivity index (χ4n) is 1.37. The summed E-state index contributed by atoms with van der Waals surface area (Å²) in [4.78, 5) is 8.59. The third-order valence-corrected chi connectivity index (χ3v) is 3.58. The van der Waals surface area contributed by atoms with Crippen LogP contribution in [0.5, 0.6) is 5.75 Å². The maximum atomic E-state index is 6.13. The topological polar surface area (TPSA) is 35.0 Å². The lowest BCUT2D eigenvalue weighted by Crippen LogP contribution is -1.93. The smallest absolute Gasteiger partial charge is 0.189 e. The van der Waals surface area contributed by atoms with Crippen molar-refractivity contribution in [2.45, 2.75) is 5.16 Å². The maximum Gasteiger partial charge on any atom is 0.189 e. The maximum absolute atomic E-state index is 6.13. The molecule has 1 aromatic heterocycles. The number of thioether (sulfide) groups is 1. The van der Waals surface area contributed by atoms with Crippen LogP contribution in [0.1, 0.15) is 0 Å². The Bertz CT molecular complexity index is 550. The lowest BCUT2D eigenvalue weighted by atomic mass is 10.2. The van der Waals surface area contributed by atoms with Gasteiger partial charge >= 0.3 is 0 Å². The molecular weight excluding hydrogens is 312 g/mol. The number of benzene rings is 1. The van der Waals surface area contributed by atoms with E-state index in [1.54, 1.807) is 7.11 Å². The van der Waals surface area contributed by atoms with E-state index in [1.165, 1.54) is 11.8 Å². The van der Waals surface area contributed by atoms with E-state index in [-0.39, 0.29) is 0 Å². The van der Waals surface area contributed by atoms with Crippen LogP contribution in [0.3, 0.4) is 0 Å². The van der Waals surface area contributed by atoms with Crippen LogP contribution >= 0.6 is 39.3 Å². The molecule has 0 aliphatic heterocycles. The van der Waals surface area contributed by atoms with E-state index < -0.39 is 0 Å². The van der Waals surface area contributed by atoms with Crippen LogP contribution in [-0.2, 0) is 0 Å². The first-order chi connectivity index (χ1) is 7.67. The summed E-state index contributed by atoms with van der Waals surface area (Å²) in [7, 11) is 1.61. The van der Waals surface area contributed by atoms with Gasteiger partial charge in [0.1, 0.15) is 16.4 Å². The molecule has 0 fully saturated rings. The minimum atomic E-state index is 0.431. The normalized spacial score (nSPS) is 10.8. The Labute approximate surface area is 111 Å². The van der Waals surface area contributed by atoms with Crippen molar-refractivity contribution in [3.8, 4) is 5.75 Å². The molecule has 0 spiro atoms. The molecular formula is C10H8BrClN2OS. The molecule has 0 aliphatic rings. The van der Waals surface area contributed by atoms with Gasteiger partial charge in [-0.1, -0.05) is 23.4 Å². The highest BCUT2D eigenvalue weighted by atomic mass is 79.9. The summed E-state index contributed by atoms with van der Waals surface area (Å²) in [6.07, 6.45) is 1.90. The van der Waals surface area contributed by atoms with Crippen molar-refractivity contribution in [2.75, 3.05) is 13.4 Å². The highest BCUT2D eigenvalue weighted by Crippen LogP contribution is 2.35. The molecule has 6 heteroatoms. The van der Waals surface area contributed by atoms with Gasteiger partial charge in [0, 0.05) is 4.47 Å². The predicted octanol–water partition coefficient (Wildman–Crippen LogP) is 3.78. The van der Waals surface area contributed by atoms with E-state index in [0.717, 1.165) is 15.4 Å². The van der Waals surface area contributed by atoms with Gasteiger partial charge in [0.05, 0.1) is 12.5 Å². The number of halogens is 2. The number of nitrogens with zero attached hydrogens (tertiary/aromatic N) is 2. The van der Waals surface area contributed by atoms with Gasteiger partial charge in [-0.15, -0.1) is 0 Å². The molecule has 0 saturated carbocycles.